The number of aryl methyl sites for hydroxylation is 1. The number of benzene rings is 2. The molecule has 1 unspecified atom stereocenters. The standard InChI is InChI=1S/C26H30FN3O2/c1-19-4-2-3-15-30(19)18-21-7-5-20(6-8-21)16-28-25(31)13-14-26-29-17-24(32-26)22-9-11-23(27)12-10-22/h5-12,17,19H,2-4,13-16,18H2,1H3,(H,28,31). The van der Waals surface area contributed by atoms with E-state index in [2.05, 4.69) is 46.4 Å². The Bertz CT molecular complexity index is 1010. The van der Waals surface area contributed by atoms with Crippen LogP contribution in [0.1, 0.15) is 49.6 Å². The normalized spacial score (nSPS) is 16.8. The molecule has 0 bridgehead atoms. The van der Waals surface area contributed by atoms with Crippen LogP contribution in [0, 0.1) is 5.82 Å². The van der Waals surface area contributed by atoms with E-state index in [1.807, 2.05) is 0 Å². The number of aromatic nitrogens is 1. The number of nitrogens with one attached hydrogen (secondary N) is 1. The first-order valence-corrected chi connectivity index (χ1v) is 11.4. The minimum absolute atomic E-state index is 0.0437. The molecule has 1 N–H and O–H groups in total. The summed E-state index contributed by atoms with van der Waals surface area (Å²) >= 11 is 0. The quantitative estimate of drug-likeness (QED) is 0.535. The number of rotatable bonds is 8. The van der Waals surface area contributed by atoms with E-state index < -0.39 is 0 Å². The van der Waals surface area contributed by atoms with Gasteiger partial charge in [0.25, 0.3) is 0 Å². The summed E-state index contributed by atoms with van der Waals surface area (Å²) < 4.78 is 18.7. The molecule has 1 amide bonds. The molecule has 1 aliphatic rings. The van der Waals surface area contributed by atoms with E-state index in [-0.39, 0.29) is 11.7 Å². The summed E-state index contributed by atoms with van der Waals surface area (Å²) in [5.41, 5.74) is 3.16. The van der Waals surface area contributed by atoms with Crippen LogP contribution in [0.3, 0.4) is 0 Å². The Labute approximate surface area is 188 Å². The first-order valence-electron chi connectivity index (χ1n) is 11.4. The number of oxazole rings is 1. The maximum absolute atomic E-state index is 13.0. The largest absolute Gasteiger partial charge is 0.441 e. The molecule has 1 saturated heterocycles. The van der Waals surface area contributed by atoms with Crippen LogP contribution in [-0.2, 0) is 24.3 Å². The Morgan fingerprint density at radius 1 is 1.12 bits per heavy atom. The maximum Gasteiger partial charge on any atom is 0.220 e. The molecule has 0 aliphatic carbocycles. The summed E-state index contributed by atoms with van der Waals surface area (Å²) in [5, 5.41) is 2.96. The van der Waals surface area contributed by atoms with E-state index in [1.54, 1.807) is 18.3 Å². The van der Waals surface area contributed by atoms with Gasteiger partial charge in [0.15, 0.2) is 11.7 Å². The summed E-state index contributed by atoms with van der Waals surface area (Å²) in [5.74, 6) is 0.726. The van der Waals surface area contributed by atoms with Crippen LogP contribution in [0.5, 0.6) is 0 Å². The van der Waals surface area contributed by atoms with Gasteiger partial charge in [0.05, 0.1) is 6.20 Å². The van der Waals surface area contributed by atoms with Gasteiger partial charge in [0, 0.05) is 37.5 Å². The van der Waals surface area contributed by atoms with Crippen LogP contribution in [0.2, 0.25) is 0 Å². The highest BCUT2D eigenvalue weighted by Gasteiger charge is 2.18. The third-order valence-electron chi connectivity index (χ3n) is 6.09. The van der Waals surface area contributed by atoms with Crippen LogP contribution in [0.4, 0.5) is 4.39 Å². The number of carbonyl (C=O) groups is 1. The van der Waals surface area contributed by atoms with Crippen molar-refractivity contribution in [2.45, 2.75) is 58.2 Å². The molecule has 1 atom stereocenters. The molecular formula is C26H30FN3O2. The second-order valence-electron chi connectivity index (χ2n) is 8.53. The lowest BCUT2D eigenvalue weighted by molar-refractivity contribution is -0.121. The van der Waals surface area contributed by atoms with Crippen molar-refractivity contribution >= 4 is 5.91 Å². The lowest BCUT2D eigenvalue weighted by Crippen LogP contribution is -2.36. The van der Waals surface area contributed by atoms with Gasteiger partial charge in [0.1, 0.15) is 5.82 Å². The van der Waals surface area contributed by atoms with Crippen molar-refractivity contribution < 1.29 is 13.6 Å². The van der Waals surface area contributed by atoms with Crippen molar-refractivity contribution in [2.24, 2.45) is 0 Å². The molecule has 1 aliphatic heterocycles. The number of likely N-dealkylation sites (tertiary alicyclic amines) is 1. The third-order valence-corrected chi connectivity index (χ3v) is 6.09. The molecule has 168 valence electrons. The van der Waals surface area contributed by atoms with Crippen molar-refractivity contribution in [3.05, 3.63) is 77.6 Å². The molecule has 32 heavy (non-hydrogen) atoms. The lowest BCUT2D eigenvalue weighted by atomic mass is 10.0. The molecule has 2 aromatic carbocycles. The van der Waals surface area contributed by atoms with Crippen molar-refractivity contribution in [2.75, 3.05) is 6.54 Å². The average molecular weight is 436 g/mol. The summed E-state index contributed by atoms with van der Waals surface area (Å²) in [6.45, 7) is 4.98. The summed E-state index contributed by atoms with van der Waals surface area (Å²) in [6, 6.07) is 15.2. The fourth-order valence-electron chi connectivity index (χ4n) is 4.07. The van der Waals surface area contributed by atoms with Gasteiger partial charge in [0.2, 0.25) is 5.91 Å². The second kappa shape index (κ2) is 10.6. The summed E-state index contributed by atoms with van der Waals surface area (Å²) in [6.07, 6.45) is 6.23. The molecule has 1 aromatic heterocycles. The Morgan fingerprint density at radius 3 is 2.62 bits per heavy atom. The molecule has 2 heterocycles. The zero-order chi connectivity index (χ0) is 22.3. The van der Waals surface area contributed by atoms with E-state index in [1.165, 1.54) is 43.5 Å². The van der Waals surface area contributed by atoms with Gasteiger partial charge in [-0.15, -0.1) is 0 Å². The number of halogens is 1. The smallest absolute Gasteiger partial charge is 0.220 e. The van der Waals surface area contributed by atoms with Crippen LogP contribution < -0.4 is 5.32 Å². The summed E-state index contributed by atoms with van der Waals surface area (Å²) in [7, 11) is 0. The average Bonchev–Trinajstić information content (AvgIpc) is 3.28. The predicted molar refractivity (Wildman–Crippen MR) is 122 cm³/mol. The predicted octanol–water partition coefficient (Wildman–Crippen LogP) is 5.10. The van der Waals surface area contributed by atoms with E-state index in [9.17, 15) is 9.18 Å². The zero-order valence-corrected chi connectivity index (χ0v) is 18.5. The molecule has 4 rings (SSSR count). The molecule has 5 nitrogen and oxygen atoms in total. The highest BCUT2D eigenvalue weighted by Crippen LogP contribution is 2.21. The fourth-order valence-corrected chi connectivity index (χ4v) is 4.07. The molecule has 0 spiro atoms. The van der Waals surface area contributed by atoms with Crippen molar-refractivity contribution in [1.82, 2.24) is 15.2 Å². The topological polar surface area (TPSA) is 58.4 Å². The summed E-state index contributed by atoms with van der Waals surface area (Å²) in [4.78, 5) is 19.0. The number of carbonyl (C=O) groups excluding carboxylic acids is 1. The lowest BCUT2D eigenvalue weighted by Gasteiger charge is -2.33. The van der Waals surface area contributed by atoms with Gasteiger partial charge in [-0.05, 0) is 61.7 Å². The third kappa shape index (κ3) is 6.04. The number of hydrogen-bond acceptors (Lipinski definition) is 4. The monoisotopic (exact) mass is 435 g/mol. The fraction of sp³-hybridized carbons (Fsp3) is 0.385. The number of amides is 1. The van der Waals surface area contributed by atoms with Gasteiger partial charge in [-0.2, -0.15) is 0 Å². The second-order valence-corrected chi connectivity index (χ2v) is 8.53. The highest BCUT2D eigenvalue weighted by atomic mass is 19.1. The molecular weight excluding hydrogens is 405 g/mol. The minimum Gasteiger partial charge on any atom is -0.441 e. The highest BCUT2D eigenvalue weighted by molar-refractivity contribution is 5.76. The Hall–Kier alpha value is -2.99. The molecule has 6 heteroatoms. The number of nitrogens with zero attached hydrogens (tertiary/aromatic N) is 2. The van der Waals surface area contributed by atoms with Gasteiger partial charge in [-0.3, -0.25) is 9.69 Å². The maximum atomic E-state index is 13.0. The van der Waals surface area contributed by atoms with Gasteiger partial charge in [-0.1, -0.05) is 30.7 Å². The number of hydrogen-bond donors (Lipinski definition) is 1. The Balaban J connectivity index is 1.21. The van der Waals surface area contributed by atoms with Crippen LogP contribution in [0.25, 0.3) is 11.3 Å². The first-order chi connectivity index (χ1) is 15.6. The van der Waals surface area contributed by atoms with Crippen molar-refractivity contribution in [1.29, 1.82) is 0 Å². The Kier molecular flexibility index (Phi) is 7.32. The first kappa shape index (κ1) is 22.2. The van der Waals surface area contributed by atoms with Crippen LogP contribution >= 0.6 is 0 Å². The van der Waals surface area contributed by atoms with E-state index in [4.69, 9.17) is 4.42 Å². The van der Waals surface area contributed by atoms with E-state index >= 15 is 0 Å². The van der Waals surface area contributed by atoms with Crippen LogP contribution in [-0.4, -0.2) is 28.4 Å². The van der Waals surface area contributed by atoms with Crippen molar-refractivity contribution in [3.8, 4) is 11.3 Å². The minimum atomic E-state index is -0.295. The van der Waals surface area contributed by atoms with Crippen molar-refractivity contribution in [3.63, 3.8) is 0 Å². The zero-order valence-electron chi connectivity index (χ0n) is 18.5. The van der Waals surface area contributed by atoms with Gasteiger partial charge >= 0.3 is 0 Å². The SMILES string of the molecule is CC1CCCCN1Cc1ccc(CNC(=O)CCc2ncc(-c3ccc(F)cc3)o2)cc1. The van der Waals surface area contributed by atoms with E-state index in [0.717, 1.165) is 17.7 Å². The number of piperidine rings is 1. The molecule has 0 saturated carbocycles. The molecule has 0 radical (unpaired) electrons. The molecule has 3 aromatic rings. The van der Waals surface area contributed by atoms with Gasteiger partial charge < -0.3 is 9.73 Å². The Morgan fingerprint density at radius 2 is 1.88 bits per heavy atom. The molecule has 1 fully saturated rings. The van der Waals surface area contributed by atoms with Crippen LogP contribution in [0.15, 0.2) is 59.1 Å². The van der Waals surface area contributed by atoms with Gasteiger partial charge in [-0.25, -0.2) is 9.37 Å². The van der Waals surface area contributed by atoms with E-state index in [0.29, 0.717) is 37.1 Å².